The van der Waals surface area contributed by atoms with Crippen LogP contribution in [-0.2, 0) is 41.0 Å². The lowest BCUT2D eigenvalue weighted by Gasteiger charge is -2.38. The minimum Gasteiger partial charge on any atom is -0.377 e. The van der Waals surface area contributed by atoms with Crippen molar-refractivity contribution in [3.8, 4) is 11.1 Å². The minimum absolute atomic E-state index is 0.00571. The van der Waals surface area contributed by atoms with E-state index in [1.54, 1.807) is 40.0 Å². The van der Waals surface area contributed by atoms with Crippen LogP contribution in [0.1, 0.15) is 51.9 Å². The summed E-state index contributed by atoms with van der Waals surface area (Å²) in [7, 11) is 1.63. The molecule has 2 aromatic carbocycles. The second kappa shape index (κ2) is 12.9. The minimum atomic E-state index is -4.72. The number of morpholine rings is 1. The Bertz CT molecular complexity index is 1730. The number of ketones is 1. The van der Waals surface area contributed by atoms with E-state index in [2.05, 4.69) is 10.3 Å². The molecular formula is C32H33F5N4O5. The van der Waals surface area contributed by atoms with Crippen molar-refractivity contribution in [2.75, 3.05) is 24.7 Å². The van der Waals surface area contributed by atoms with Gasteiger partial charge in [-0.15, -0.1) is 0 Å². The molecule has 1 amide bonds. The fraction of sp³-hybridized carbons (Fsp3) is 0.438. The number of aromatic nitrogens is 2. The van der Waals surface area contributed by atoms with Crippen molar-refractivity contribution in [2.45, 2.75) is 65.1 Å². The number of amides is 1. The van der Waals surface area contributed by atoms with Crippen LogP contribution in [-0.4, -0.2) is 59.3 Å². The van der Waals surface area contributed by atoms with E-state index in [0.717, 1.165) is 16.0 Å². The predicted molar refractivity (Wildman–Crippen MR) is 158 cm³/mol. The van der Waals surface area contributed by atoms with Gasteiger partial charge >= 0.3 is 6.18 Å². The summed E-state index contributed by atoms with van der Waals surface area (Å²) in [5.74, 6) is -3.82. The first-order chi connectivity index (χ1) is 21.7. The number of aryl methyl sites for hydroxylation is 2. The molecule has 0 bridgehead atoms. The Kier molecular flexibility index (Phi) is 9.32. The molecule has 0 unspecified atom stereocenters. The van der Waals surface area contributed by atoms with Crippen molar-refractivity contribution in [2.24, 2.45) is 7.05 Å². The zero-order valence-corrected chi connectivity index (χ0v) is 25.7. The second-order valence-corrected chi connectivity index (χ2v) is 11.4. The number of rotatable bonds is 8. The molecule has 1 saturated heterocycles. The quantitative estimate of drug-likeness (QED) is 0.360. The van der Waals surface area contributed by atoms with E-state index >= 15 is 8.78 Å². The van der Waals surface area contributed by atoms with E-state index in [9.17, 15) is 27.6 Å². The van der Waals surface area contributed by atoms with Gasteiger partial charge in [-0.3, -0.25) is 19.0 Å². The molecule has 0 aliphatic carbocycles. The van der Waals surface area contributed by atoms with Gasteiger partial charge in [0.1, 0.15) is 29.1 Å². The molecule has 46 heavy (non-hydrogen) atoms. The molecule has 9 nitrogen and oxygen atoms in total. The van der Waals surface area contributed by atoms with Gasteiger partial charge in [-0.1, -0.05) is 19.1 Å². The maximum atomic E-state index is 15.2. The van der Waals surface area contributed by atoms with Crippen LogP contribution in [0.3, 0.4) is 0 Å². The van der Waals surface area contributed by atoms with E-state index in [-0.39, 0.29) is 50.5 Å². The third kappa shape index (κ3) is 6.27. The lowest BCUT2D eigenvalue weighted by atomic mass is 9.90. The van der Waals surface area contributed by atoms with Crippen molar-refractivity contribution < 1.29 is 41.0 Å². The third-order valence-corrected chi connectivity index (χ3v) is 8.54. The van der Waals surface area contributed by atoms with E-state index in [4.69, 9.17) is 9.47 Å². The third-order valence-electron chi connectivity index (χ3n) is 8.54. The number of Topliss-reactive ketones (excluding diaryl/α,β-unsaturated/α-hetero) is 1. The van der Waals surface area contributed by atoms with Crippen molar-refractivity contribution in [3.63, 3.8) is 0 Å². The number of ether oxygens (including phenoxy) is 2. The zero-order valence-electron chi connectivity index (χ0n) is 25.7. The highest BCUT2D eigenvalue weighted by molar-refractivity contribution is 5.98. The Morgan fingerprint density at radius 2 is 1.76 bits per heavy atom. The lowest BCUT2D eigenvalue weighted by molar-refractivity contribution is -0.167. The Hall–Kier alpha value is -4.17. The van der Waals surface area contributed by atoms with Crippen LogP contribution in [0.5, 0.6) is 0 Å². The van der Waals surface area contributed by atoms with Crippen molar-refractivity contribution in [1.29, 1.82) is 0 Å². The van der Waals surface area contributed by atoms with Crippen molar-refractivity contribution in [1.82, 2.24) is 14.9 Å². The monoisotopic (exact) mass is 648 g/mol. The molecule has 0 radical (unpaired) electrons. The fourth-order valence-corrected chi connectivity index (χ4v) is 5.99. The van der Waals surface area contributed by atoms with Crippen LogP contribution in [0, 0.1) is 25.5 Å². The van der Waals surface area contributed by atoms with Crippen molar-refractivity contribution in [3.05, 3.63) is 80.0 Å². The highest BCUT2D eigenvalue weighted by atomic mass is 19.4. The SMILES string of the molecule is CCC(=O)[C@H](Cc1ccc(-c2c(C)nc(C)n(C)c2=O)c2c1COC2)NC(=O)c1c(F)cc(N2CCOC[C@@H]2C(F)(F)F)cc1F. The van der Waals surface area contributed by atoms with Gasteiger partial charge in [-0.2, -0.15) is 13.2 Å². The summed E-state index contributed by atoms with van der Waals surface area (Å²) in [6.45, 7) is 4.40. The smallest absolute Gasteiger partial charge is 0.377 e. The normalized spacial score (nSPS) is 17.2. The largest absolute Gasteiger partial charge is 0.411 e. The first-order valence-corrected chi connectivity index (χ1v) is 14.7. The van der Waals surface area contributed by atoms with E-state index in [0.29, 0.717) is 40.3 Å². The first kappa shape index (κ1) is 33.2. The number of fused-ring (bicyclic) bond motifs is 1. The summed E-state index contributed by atoms with van der Waals surface area (Å²) in [5, 5.41) is 2.43. The highest BCUT2D eigenvalue weighted by Crippen LogP contribution is 2.35. The molecule has 3 aromatic rings. The molecule has 0 saturated carbocycles. The molecule has 1 N–H and O–H groups in total. The van der Waals surface area contributed by atoms with Crippen LogP contribution in [0.25, 0.3) is 11.1 Å². The van der Waals surface area contributed by atoms with Crippen LogP contribution in [0.2, 0.25) is 0 Å². The first-order valence-electron chi connectivity index (χ1n) is 14.7. The zero-order chi connectivity index (χ0) is 33.5. The van der Waals surface area contributed by atoms with Crippen LogP contribution in [0.15, 0.2) is 29.1 Å². The number of carbonyl (C=O) groups is 2. The molecular weight excluding hydrogens is 615 g/mol. The Morgan fingerprint density at radius 3 is 2.41 bits per heavy atom. The molecule has 1 fully saturated rings. The topological polar surface area (TPSA) is 103 Å². The number of alkyl halides is 3. The number of nitrogens with one attached hydrogen (secondary N) is 1. The highest BCUT2D eigenvalue weighted by Gasteiger charge is 2.46. The molecule has 2 atom stereocenters. The van der Waals surface area contributed by atoms with Crippen molar-refractivity contribution >= 4 is 17.4 Å². The Balaban J connectivity index is 1.43. The number of anilines is 1. The summed E-state index contributed by atoms with van der Waals surface area (Å²) in [6.07, 6.45) is -4.74. The molecule has 2 aliphatic rings. The molecule has 2 aliphatic heterocycles. The number of hydrogen-bond acceptors (Lipinski definition) is 7. The molecule has 3 heterocycles. The molecule has 0 spiro atoms. The van der Waals surface area contributed by atoms with Gasteiger partial charge in [0.25, 0.3) is 11.5 Å². The number of nitrogens with zero attached hydrogens (tertiary/aromatic N) is 3. The lowest BCUT2D eigenvalue weighted by Crippen LogP contribution is -2.53. The average Bonchev–Trinajstić information content (AvgIpc) is 3.50. The van der Waals surface area contributed by atoms with Gasteiger partial charge in [-0.25, -0.2) is 13.8 Å². The number of halogens is 5. The van der Waals surface area contributed by atoms with Gasteiger partial charge in [0.15, 0.2) is 5.78 Å². The standard InChI is InChI=1S/C32H33F5N4O5/c1-5-26(42)25(10-18-6-7-20(22-14-46-13-21(18)22)28-16(2)38-17(3)40(4)31(28)44)39-30(43)29-23(33)11-19(12-24(29)34)41-8-9-45-15-27(41)32(35,36)37/h6-7,11-12,25,27H,5,8-10,13-15H2,1-4H3,(H,39,43)/t25-,27+/m0/s1. The van der Waals surface area contributed by atoms with E-state index < -0.39 is 53.8 Å². The van der Waals surface area contributed by atoms with Gasteiger partial charge < -0.3 is 19.7 Å². The second-order valence-electron chi connectivity index (χ2n) is 11.4. The molecule has 1 aromatic heterocycles. The summed E-state index contributed by atoms with van der Waals surface area (Å²) in [6, 6.07) is 1.51. The van der Waals surface area contributed by atoms with Gasteiger partial charge in [0.2, 0.25) is 0 Å². The number of hydrogen-bond donors (Lipinski definition) is 1. The summed E-state index contributed by atoms with van der Waals surface area (Å²) in [5.41, 5.74) is 2.09. The molecule has 5 rings (SSSR count). The summed E-state index contributed by atoms with van der Waals surface area (Å²) in [4.78, 5) is 44.6. The fourth-order valence-electron chi connectivity index (χ4n) is 5.99. The van der Waals surface area contributed by atoms with Crippen LogP contribution in [0.4, 0.5) is 27.6 Å². The van der Waals surface area contributed by atoms with E-state index in [1.165, 1.54) is 4.57 Å². The summed E-state index contributed by atoms with van der Waals surface area (Å²) >= 11 is 0. The summed E-state index contributed by atoms with van der Waals surface area (Å²) < 4.78 is 83.2. The van der Waals surface area contributed by atoms with Gasteiger partial charge in [0.05, 0.1) is 43.7 Å². The number of benzene rings is 2. The van der Waals surface area contributed by atoms with Crippen LogP contribution < -0.4 is 15.8 Å². The predicted octanol–water partition coefficient (Wildman–Crippen LogP) is 4.46. The number of carbonyl (C=O) groups excluding carboxylic acids is 2. The molecule has 246 valence electrons. The molecule has 14 heteroatoms. The van der Waals surface area contributed by atoms with Gasteiger partial charge in [-0.05, 0) is 48.2 Å². The van der Waals surface area contributed by atoms with Gasteiger partial charge in [0, 0.05) is 32.1 Å². The van der Waals surface area contributed by atoms with E-state index in [1.807, 2.05) is 0 Å². The van der Waals surface area contributed by atoms with Crippen LogP contribution >= 0.6 is 0 Å². The Morgan fingerprint density at radius 1 is 1.09 bits per heavy atom. The Labute approximate surface area is 261 Å². The maximum absolute atomic E-state index is 15.2. The average molecular weight is 649 g/mol. The maximum Gasteiger partial charge on any atom is 0.411 e.